The molecule has 0 saturated carbocycles. The van der Waals surface area contributed by atoms with Gasteiger partial charge in [0, 0.05) is 37.0 Å². The molecule has 0 aliphatic heterocycles. The Morgan fingerprint density at radius 1 is 1.17 bits per heavy atom. The summed E-state index contributed by atoms with van der Waals surface area (Å²) < 4.78 is 2.13. The van der Waals surface area contributed by atoms with E-state index in [9.17, 15) is 4.79 Å². The van der Waals surface area contributed by atoms with Crippen molar-refractivity contribution in [2.24, 2.45) is 0 Å². The molecule has 0 saturated heterocycles. The second kappa shape index (κ2) is 9.61. The Hall–Kier alpha value is -3.52. The first-order chi connectivity index (χ1) is 14.1. The van der Waals surface area contributed by atoms with Gasteiger partial charge in [0.1, 0.15) is 5.82 Å². The average Bonchev–Trinajstić information content (AvgIpc) is 3.17. The van der Waals surface area contributed by atoms with Crippen molar-refractivity contribution in [1.82, 2.24) is 14.9 Å². The third-order valence-electron chi connectivity index (χ3n) is 4.63. The van der Waals surface area contributed by atoms with E-state index in [2.05, 4.69) is 40.0 Å². The lowest BCUT2D eigenvalue weighted by atomic mass is 10.0. The van der Waals surface area contributed by atoms with Crippen LogP contribution < -0.4 is 10.6 Å². The summed E-state index contributed by atoms with van der Waals surface area (Å²) in [5.41, 5.74) is 2.81. The smallest absolute Gasteiger partial charge is 0.319 e. The molecule has 1 unspecified atom stereocenters. The normalized spacial score (nSPS) is 11.7. The maximum atomic E-state index is 12.5. The lowest BCUT2D eigenvalue weighted by Gasteiger charge is -2.18. The zero-order valence-electron chi connectivity index (χ0n) is 16.8. The molecule has 0 fully saturated rings. The molecule has 0 radical (unpaired) electrons. The number of anilines is 1. The van der Waals surface area contributed by atoms with Gasteiger partial charge in [0.25, 0.3) is 0 Å². The highest BCUT2D eigenvalue weighted by molar-refractivity contribution is 5.89. The van der Waals surface area contributed by atoms with Crippen LogP contribution in [0.3, 0.4) is 0 Å². The van der Waals surface area contributed by atoms with Gasteiger partial charge in [0.2, 0.25) is 0 Å². The molecule has 29 heavy (non-hydrogen) atoms. The van der Waals surface area contributed by atoms with E-state index in [4.69, 9.17) is 6.42 Å². The molecule has 5 nitrogen and oxygen atoms in total. The van der Waals surface area contributed by atoms with Crippen molar-refractivity contribution < 1.29 is 4.79 Å². The van der Waals surface area contributed by atoms with Crippen LogP contribution >= 0.6 is 0 Å². The molecule has 0 aliphatic rings. The van der Waals surface area contributed by atoms with Crippen LogP contribution in [0.5, 0.6) is 0 Å². The summed E-state index contributed by atoms with van der Waals surface area (Å²) in [6.07, 6.45) is 9.71. The van der Waals surface area contributed by atoms with Gasteiger partial charge >= 0.3 is 6.03 Å². The SMILES string of the molecule is C#CCC(NC(=O)Nc1cccc(Cn2ccnc2C(C)C)c1)c1ccccc1. The second-order valence-corrected chi connectivity index (χ2v) is 7.24. The predicted octanol–water partition coefficient (Wildman–Crippen LogP) is 4.94. The number of rotatable bonds is 7. The molecular formula is C24H26N4O. The Morgan fingerprint density at radius 3 is 2.69 bits per heavy atom. The van der Waals surface area contributed by atoms with Crippen molar-refractivity contribution in [2.45, 2.75) is 38.8 Å². The fraction of sp³-hybridized carbons (Fsp3) is 0.250. The summed E-state index contributed by atoms with van der Waals surface area (Å²) >= 11 is 0. The quantitative estimate of drug-likeness (QED) is 0.565. The molecule has 0 aliphatic carbocycles. The number of benzene rings is 2. The fourth-order valence-electron chi connectivity index (χ4n) is 3.28. The largest absolute Gasteiger partial charge is 0.330 e. The number of carbonyl (C=O) groups excluding carboxylic acids is 1. The van der Waals surface area contributed by atoms with E-state index in [0.717, 1.165) is 22.6 Å². The minimum atomic E-state index is -0.281. The summed E-state index contributed by atoms with van der Waals surface area (Å²) in [4.78, 5) is 17.0. The van der Waals surface area contributed by atoms with Crippen molar-refractivity contribution in [3.8, 4) is 12.3 Å². The summed E-state index contributed by atoms with van der Waals surface area (Å²) in [6.45, 7) is 4.95. The molecule has 148 valence electrons. The number of amides is 2. The van der Waals surface area contributed by atoms with E-state index in [1.807, 2.05) is 67.0 Å². The van der Waals surface area contributed by atoms with Gasteiger partial charge in [-0.25, -0.2) is 9.78 Å². The van der Waals surface area contributed by atoms with Crippen LogP contribution in [0.2, 0.25) is 0 Å². The highest BCUT2D eigenvalue weighted by Crippen LogP contribution is 2.18. The topological polar surface area (TPSA) is 59.0 Å². The van der Waals surface area contributed by atoms with Crippen molar-refractivity contribution in [2.75, 3.05) is 5.32 Å². The lowest BCUT2D eigenvalue weighted by Crippen LogP contribution is -2.32. The zero-order valence-corrected chi connectivity index (χ0v) is 16.8. The number of nitrogens with zero attached hydrogens (tertiary/aromatic N) is 2. The first-order valence-corrected chi connectivity index (χ1v) is 9.72. The Balaban J connectivity index is 1.67. The monoisotopic (exact) mass is 386 g/mol. The van der Waals surface area contributed by atoms with E-state index >= 15 is 0 Å². The molecule has 0 spiro atoms. The first-order valence-electron chi connectivity index (χ1n) is 9.72. The van der Waals surface area contributed by atoms with Crippen LogP contribution in [0.1, 0.15) is 49.2 Å². The number of imidazole rings is 1. The van der Waals surface area contributed by atoms with Crippen molar-refractivity contribution in [1.29, 1.82) is 0 Å². The van der Waals surface area contributed by atoms with Gasteiger partial charge in [-0.1, -0.05) is 56.3 Å². The number of hydrogen-bond donors (Lipinski definition) is 2. The second-order valence-electron chi connectivity index (χ2n) is 7.24. The van der Waals surface area contributed by atoms with Crippen molar-refractivity contribution >= 4 is 11.7 Å². The predicted molar refractivity (Wildman–Crippen MR) is 117 cm³/mol. The van der Waals surface area contributed by atoms with Gasteiger partial charge in [-0.3, -0.25) is 0 Å². The molecular weight excluding hydrogens is 360 g/mol. The standard InChI is InChI=1S/C24H26N4O/c1-4-9-22(20-11-6-5-7-12-20)27-24(29)26-21-13-8-10-19(16-21)17-28-15-14-25-23(28)18(2)3/h1,5-8,10-16,18,22H,9,17H2,2-3H3,(H2,26,27,29). The molecule has 2 aromatic carbocycles. The van der Waals surface area contributed by atoms with Gasteiger partial charge in [0.05, 0.1) is 6.04 Å². The lowest BCUT2D eigenvalue weighted by molar-refractivity contribution is 0.248. The van der Waals surface area contributed by atoms with Crippen LogP contribution in [0, 0.1) is 12.3 Å². The molecule has 3 rings (SSSR count). The van der Waals surface area contributed by atoms with Crippen LogP contribution in [-0.2, 0) is 6.54 Å². The average molecular weight is 386 g/mol. The third kappa shape index (κ3) is 5.49. The van der Waals surface area contributed by atoms with Crippen LogP contribution in [-0.4, -0.2) is 15.6 Å². The third-order valence-corrected chi connectivity index (χ3v) is 4.63. The van der Waals surface area contributed by atoms with E-state index in [-0.39, 0.29) is 12.1 Å². The van der Waals surface area contributed by atoms with Gasteiger partial charge < -0.3 is 15.2 Å². The molecule has 1 atom stereocenters. The number of terminal acetylenes is 1. The van der Waals surface area contributed by atoms with Gasteiger partial charge in [-0.2, -0.15) is 0 Å². The van der Waals surface area contributed by atoms with Gasteiger partial charge in [-0.15, -0.1) is 12.3 Å². The Kier molecular flexibility index (Phi) is 6.70. The number of nitrogens with one attached hydrogen (secondary N) is 2. The maximum absolute atomic E-state index is 12.5. The number of urea groups is 1. The Bertz CT molecular complexity index is 985. The van der Waals surface area contributed by atoms with E-state index < -0.39 is 0 Å². The maximum Gasteiger partial charge on any atom is 0.319 e. The molecule has 0 bridgehead atoms. The minimum Gasteiger partial charge on any atom is -0.330 e. The molecule has 1 aromatic heterocycles. The van der Waals surface area contributed by atoms with E-state index in [1.165, 1.54) is 0 Å². The molecule has 3 aromatic rings. The number of aromatic nitrogens is 2. The van der Waals surface area contributed by atoms with E-state index in [1.54, 1.807) is 0 Å². The van der Waals surface area contributed by atoms with Crippen molar-refractivity contribution in [3.05, 3.63) is 83.9 Å². The minimum absolute atomic E-state index is 0.232. The molecule has 2 N–H and O–H groups in total. The highest BCUT2D eigenvalue weighted by Gasteiger charge is 2.14. The van der Waals surface area contributed by atoms with Gasteiger partial charge in [-0.05, 0) is 23.3 Å². The summed E-state index contributed by atoms with van der Waals surface area (Å²) in [5, 5.41) is 5.88. The van der Waals surface area contributed by atoms with Crippen LogP contribution in [0.4, 0.5) is 10.5 Å². The van der Waals surface area contributed by atoms with Gasteiger partial charge in [0.15, 0.2) is 0 Å². The molecule has 1 heterocycles. The van der Waals surface area contributed by atoms with Crippen LogP contribution in [0.25, 0.3) is 0 Å². The summed E-state index contributed by atoms with van der Waals surface area (Å²) in [6, 6.07) is 17.0. The Labute approximate surface area is 172 Å². The zero-order chi connectivity index (χ0) is 20.6. The van der Waals surface area contributed by atoms with Crippen LogP contribution in [0.15, 0.2) is 67.0 Å². The first kappa shape index (κ1) is 20.2. The van der Waals surface area contributed by atoms with Crippen molar-refractivity contribution in [3.63, 3.8) is 0 Å². The molecule has 5 heteroatoms. The Morgan fingerprint density at radius 2 is 1.97 bits per heavy atom. The molecule has 2 amide bonds. The summed E-state index contributed by atoms with van der Waals surface area (Å²) in [5.74, 6) is 4.03. The summed E-state index contributed by atoms with van der Waals surface area (Å²) in [7, 11) is 0. The highest BCUT2D eigenvalue weighted by atomic mass is 16.2. The fourth-order valence-corrected chi connectivity index (χ4v) is 3.28. The number of hydrogen-bond acceptors (Lipinski definition) is 2. The number of carbonyl (C=O) groups is 1. The van der Waals surface area contributed by atoms with E-state index in [0.29, 0.717) is 18.9 Å².